The summed E-state index contributed by atoms with van der Waals surface area (Å²) >= 11 is 0. The van der Waals surface area contributed by atoms with Crippen LogP contribution in [-0.2, 0) is 25.7 Å². The Morgan fingerprint density at radius 1 is 1.07 bits per heavy atom. The van der Waals surface area contributed by atoms with Gasteiger partial charge in [-0.3, -0.25) is 19.2 Å². The van der Waals surface area contributed by atoms with Crippen molar-refractivity contribution in [1.29, 1.82) is 0 Å². The molecule has 0 heterocycles. The van der Waals surface area contributed by atoms with Crippen molar-refractivity contribution in [3.63, 3.8) is 0 Å². The minimum absolute atomic E-state index is 0.00885. The predicted molar refractivity (Wildman–Crippen MR) is 108 cm³/mol. The van der Waals surface area contributed by atoms with Gasteiger partial charge in [-0.2, -0.15) is 0 Å². The van der Waals surface area contributed by atoms with Gasteiger partial charge >= 0.3 is 5.97 Å². The van der Waals surface area contributed by atoms with Gasteiger partial charge in [-0.15, -0.1) is 0 Å². The summed E-state index contributed by atoms with van der Waals surface area (Å²) in [6.45, 7) is 3.91. The monoisotopic (exact) mass is 423 g/mol. The highest BCUT2D eigenvalue weighted by molar-refractivity contribution is 5.91. The number of rotatable bonds is 11. The molecule has 166 valence electrons. The SMILES string of the molecule is COc1ccc(CN(C(=O)CNC(C)=O)C(C(=O)NCC(=O)O)C(C)C)c(OC)c1. The van der Waals surface area contributed by atoms with Crippen molar-refractivity contribution in [3.8, 4) is 11.5 Å². The zero-order chi connectivity index (χ0) is 22.8. The van der Waals surface area contributed by atoms with E-state index < -0.39 is 30.4 Å². The lowest BCUT2D eigenvalue weighted by atomic mass is 10.00. The summed E-state index contributed by atoms with van der Waals surface area (Å²) in [5.74, 6) is -1.99. The number of hydrogen-bond donors (Lipinski definition) is 3. The van der Waals surface area contributed by atoms with Crippen molar-refractivity contribution in [2.75, 3.05) is 27.3 Å². The molecule has 10 nitrogen and oxygen atoms in total. The molecule has 0 fully saturated rings. The minimum Gasteiger partial charge on any atom is -0.497 e. The molecule has 0 bridgehead atoms. The van der Waals surface area contributed by atoms with E-state index in [1.165, 1.54) is 26.0 Å². The number of carbonyl (C=O) groups is 4. The van der Waals surface area contributed by atoms with Gasteiger partial charge < -0.3 is 30.1 Å². The molecule has 0 saturated heterocycles. The highest BCUT2D eigenvalue weighted by Crippen LogP contribution is 2.27. The molecular weight excluding hydrogens is 394 g/mol. The number of benzene rings is 1. The van der Waals surface area contributed by atoms with Crippen molar-refractivity contribution in [3.05, 3.63) is 23.8 Å². The van der Waals surface area contributed by atoms with Gasteiger partial charge in [-0.1, -0.05) is 13.8 Å². The maximum absolute atomic E-state index is 12.9. The average Bonchev–Trinajstić information content (AvgIpc) is 2.69. The maximum Gasteiger partial charge on any atom is 0.322 e. The van der Waals surface area contributed by atoms with Crippen LogP contribution in [0.3, 0.4) is 0 Å². The first-order valence-corrected chi connectivity index (χ1v) is 9.35. The first-order chi connectivity index (χ1) is 14.1. The van der Waals surface area contributed by atoms with Crippen LogP contribution in [0.2, 0.25) is 0 Å². The molecule has 1 aromatic carbocycles. The smallest absolute Gasteiger partial charge is 0.322 e. The van der Waals surface area contributed by atoms with Gasteiger partial charge in [0.25, 0.3) is 0 Å². The summed E-state index contributed by atoms with van der Waals surface area (Å²) in [5.41, 5.74) is 0.617. The fourth-order valence-corrected chi connectivity index (χ4v) is 2.88. The molecule has 0 aliphatic heterocycles. The van der Waals surface area contributed by atoms with E-state index in [0.717, 1.165) is 0 Å². The molecule has 3 amide bonds. The van der Waals surface area contributed by atoms with Crippen LogP contribution in [0, 0.1) is 5.92 Å². The summed E-state index contributed by atoms with van der Waals surface area (Å²) in [7, 11) is 2.99. The molecule has 1 rings (SSSR count). The Labute approximate surface area is 175 Å². The van der Waals surface area contributed by atoms with E-state index in [4.69, 9.17) is 14.6 Å². The number of methoxy groups -OCH3 is 2. The van der Waals surface area contributed by atoms with Crippen molar-refractivity contribution >= 4 is 23.7 Å². The molecule has 1 atom stereocenters. The highest BCUT2D eigenvalue weighted by atomic mass is 16.5. The summed E-state index contributed by atoms with van der Waals surface area (Å²) in [6.07, 6.45) is 0. The number of hydrogen-bond acceptors (Lipinski definition) is 6. The quantitative estimate of drug-likeness (QED) is 0.469. The van der Waals surface area contributed by atoms with Crippen molar-refractivity contribution in [2.24, 2.45) is 5.92 Å². The molecule has 0 aliphatic rings. The molecule has 1 aromatic rings. The van der Waals surface area contributed by atoms with E-state index in [2.05, 4.69) is 10.6 Å². The van der Waals surface area contributed by atoms with E-state index in [-0.39, 0.29) is 24.9 Å². The first kappa shape index (κ1) is 24.7. The Hall–Kier alpha value is -3.30. The molecule has 0 saturated carbocycles. The lowest BCUT2D eigenvalue weighted by Gasteiger charge is -2.34. The Morgan fingerprint density at radius 2 is 1.73 bits per heavy atom. The number of carboxylic acids is 1. The third-order valence-corrected chi connectivity index (χ3v) is 4.29. The van der Waals surface area contributed by atoms with Gasteiger partial charge in [-0.25, -0.2) is 0 Å². The lowest BCUT2D eigenvalue weighted by Crippen LogP contribution is -2.54. The van der Waals surface area contributed by atoms with Crippen molar-refractivity contribution in [1.82, 2.24) is 15.5 Å². The van der Waals surface area contributed by atoms with Crippen LogP contribution in [0.4, 0.5) is 0 Å². The van der Waals surface area contributed by atoms with Crippen molar-refractivity contribution in [2.45, 2.75) is 33.4 Å². The van der Waals surface area contributed by atoms with Gasteiger partial charge in [0.2, 0.25) is 17.7 Å². The number of nitrogens with one attached hydrogen (secondary N) is 2. The molecule has 0 aliphatic carbocycles. The lowest BCUT2D eigenvalue weighted by molar-refractivity contribution is -0.144. The zero-order valence-electron chi connectivity index (χ0n) is 17.9. The second kappa shape index (κ2) is 11.6. The summed E-state index contributed by atoms with van der Waals surface area (Å²) in [6, 6.07) is 4.10. The largest absolute Gasteiger partial charge is 0.497 e. The Kier molecular flexibility index (Phi) is 9.60. The second-order valence-corrected chi connectivity index (χ2v) is 6.91. The third-order valence-electron chi connectivity index (χ3n) is 4.29. The first-order valence-electron chi connectivity index (χ1n) is 9.35. The predicted octanol–water partition coefficient (Wildman–Crippen LogP) is 0.394. The number of ether oxygens (including phenoxy) is 2. The summed E-state index contributed by atoms with van der Waals surface area (Å²) < 4.78 is 10.6. The van der Waals surface area contributed by atoms with Crippen LogP contribution in [0.5, 0.6) is 11.5 Å². The molecular formula is C20H29N3O7. The molecule has 0 aromatic heterocycles. The number of amides is 3. The number of carbonyl (C=O) groups excluding carboxylic acids is 3. The Balaban J connectivity index is 3.28. The van der Waals surface area contributed by atoms with Crippen LogP contribution >= 0.6 is 0 Å². The number of nitrogens with zero attached hydrogens (tertiary/aromatic N) is 1. The van der Waals surface area contributed by atoms with E-state index in [9.17, 15) is 19.2 Å². The maximum atomic E-state index is 12.9. The van der Waals surface area contributed by atoms with Crippen LogP contribution < -0.4 is 20.1 Å². The molecule has 1 unspecified atom stereocenters. The van der Waals surface area contributed by atoms with Crippen LogP contribution in [0.1, 0.15) is 26.3 Å². The summed E-state index contributed by atoms with van der Waals surface area (Å²) in [5, 5.41) is 13.6. The van der Waals surface area contributed by atoms with Crippen LogP contribution in [-0.4, -0.2) is 67.0 Å². The van der Waals surface area contributed by atoms with Crippen molar-refractivity contribution < 1.29 is 33.8 Å². The molecule has 0 radical (unpaired) electrons. The second-order valence-electron chi connectivity index (χ2n) is 6.91. The van der Waals surface area contributed by atoms with Gasteiger partial charge in [0.05, 0.1) is 27.3 Å². The fraction of sp³-hybridized carbons (Fsp3) is 0.500. The number of carboxylic acid groups (broad SMARTS) is 1. The van der Waals surface area contributed by atoms with Gasteiger partial charge in [0, 0.05) is 18.6 Å². The Morgan fingerprint density at radius 3 is 2.23 bits per heavy atom. The zero-order valence-corrected chi connectivity index (χ0v) is 17.9. The molecule has 10 heteroatoms. The molecule has 30 heavy (non-hydrogen) atoms. The number of aliphatic carboxylic acids is 1. The highest BCUT2D eigenvalue weighted by Gasteiger charge is 2.33. The summed E-state index contributed by atoms with van der Waals surface area (Å²) in [4.78, 5) is 49.0. The molecule has 0 spiro atoms. The average molecular weight is 423 g/mol. The standard InChI is InChI=1S/C20H29N3O7/c1-12(2)19(20(28)22-10-18(26)27)23(17(25)9-21-13(3)24)11-14-6-7-15(29-4)8-16(14)30-5/h6-8,12,19H,9-11H2,1-5H3,(H,21,24)(H,22,28)(H,26,27). The van der Waals surface area contributed by atoms with E-state index in [1.54, 1.807) is 32.0 Å². The van der Waals surface area contributed by atoms with Crippen LogP contribution in [0.25, 0.3) is 0 Å². The minimum atomic E-state index is -1.20. The molecule has 3 N–H and O–H groups in total. The van der Waals surface area contributed by atoms with E-state index >= 15 is 0 Å². The van der Waals surface area contributed by atoms with Crippen LogP contribution in [0.15, 0.2) is 18.2 Å². The van der Waals surface area contributed by atoms with Gasteiger partial charge in [0.15, 0.2) is 0 Å². The fourth-order valence-electron chi connectivity index (χ4n) is 2.88. The van der Waals surface area contributed by atoms with Gasteiger partial charge in [-0.05, 0) is 18.1 Å². The van der Waals surface area contributed by atoms with E-state index in [1.807, 2.05) is 0 Å². The topological polar surface area (TPSA) is 134 Å². The normalized spacial score (nSPS) is 11.4. The van der Waals surface area contributed by atoms with E-state index in [0.29, 0.717) is 17.1 Å². The Bertz CT molecular complexity index is 780. The van der Waals surface area contributed by atoms with Gasteiger partial charge in [0.1, 0.15) is 24.1 Å². The third kappa shape index (κ3) is 7.26.